The second-order valence-corrected chi connectivity index (χ2v) is 9.37. The lowest BCUT2D eigenvalue weighted by atomic mass is 10.1. The molecule has 0 fully saturated rings. The second-order valence-electron chi connectivity index (χ2n) is 9.37. The molecule has 0 aliphatic rings. The molecule has 0 aliphatic carbocycles. The summed E-state index contributed by atoms with van der Waals surface area (Å²) in [6.45, 7) is 6.59. The minimum atomic E-state index is -0.101. The van der Waals surface area contributed by atoms with Gasteiger partial charge in [-0.1, -0.05) is 88.6 Å². The van der Waals surface area contributed by atoms with E-state index in [2.05, 4.69) is 12.2 Å². The van der Waals surface area contributed by atoms with Crippen LogP contribution in [0.15, 0.2) is 30.3 Å². The van der Waals surface area contributed by atoms with E-state index in [1.54, 1.807) is 0 Å². The molecule has 0 bridgehead atoms. The average Bonchev–Trinajstić information content (AvgIpc) is 2.91. The molecular weight excluding hydrogens is 470 g/mol. The maximum absolute atomic E-state index is 11.9. The van der Waals surface area contributed by atoms with Crippen LogP contribution in [0.4, 0.5) is 0 Å². The molecular formula is C30H51NO6. The van der Waals surface area contributed by atoms with Gasteiger partial charge < -0.3 is 24.3 Å². The van der Waals surface area contributed by atoms with Crippen molar-refractivity contribution in [2.45, 2.75) is 97.0 Å². The van der Waals surface area contributed by atoms with E-state index in [-0.39, 0.29) is 11.9 Å². The quantitative estimate of drug-likeness (QED) is 0.119. The fourth-order valence-corrected chi connectivity index (χ4v) is 3.82. The normalized spacial score (nSPS) is 10.9. The third-order valence-corrected chi connectivity index (χ3v) is 5.94. The Labute approximate surface area is 225 Å². The van der Waals surface area contributed by atoms with Crippen LogP contribution in [0.2, 0.25) is 0 Å². The van der Waals surface area contributed by atoms with Crippen LogP contribution in [0.1, 0.15) is 96.0 Å². The Hall–Kier alpha value is -1.96. The van der Waals surface area contributed by atoms with Crippen LogP contribution < -0.4 is 5.32 Å². The van der Waals surface area contributed by atoms with Crippen LogP contribution in [0.3, 0.4) is 0 Å². The molecule has 1 rings (SSSR count). The number of ether oxygens (including phenoxy) is 4. The van der Waals surface area contributed by atoms with Gasteiger partial charge in [0.05, 0.1) is 33.0 Å². The molecule has 1 aromatic rings. The molecule has 1 amide bonds. The molecule has 0 aliphatic heterocycles. The van der Waals surface area contributed by atoms with Crippen molar-refractivity contribution >= 4 is 11.9 Å². The summed E-state index contributed by atoms with van der Waals surface area (Å²) >= 11 is 0. The minimum absolute atomic E-state index is 0.101. The van der Waals surface area contributed by atoms with Crippen molar-refractivity contribution in [3.63, 3.8) is 0 Å². The first-order valence-corrected chi connectivity index (χ1v) is 14.4. The molecule has 0 spiro atoms. The van der Waals surface area contributed by atoms with Crippen LogP contribution in [-0.4, -0.2) is 58.1 Å². The Kier molecular flexibility index (Phi) is 23.0. The minimum Gasteiger partial charge on any atom is -0.461 e. The molecule has 0 saturated carbocycles. The highest BCUT2D eigenvalue weighted by Crippen LogP contribution is 2.12. The summed E-state index contributed by atoms with van der Waals surface area (Å²) in [4.78, 5) is 23.7. The van der Waals surface area contributed by atoms with Crippen molar-refractivity contribution in [2.24, 2.45) is 0 Å². The SMILES string of the molecule is CCCOCCOCCOCCNC(=O)CCCCCCCCCCCCC(=O)OCc1ccccc1. The third kappa shape index (κ3) is 22.9. The van der Waals surface area contributed by atoms with Gasteiger partial charge in [-0.05, 0) is 24.8 Å². The van der Waals surface area contributed by atoms with Crippen molar-refractivity contribution in [3.8, 4) is 0 Å². The molecule has 0 saturated heterocycles. The number of amides is 1. The molecule has 212 valence electrons. The van der Waals surface area contributed by atoms with Gasteiger partial charge in [-0.3, -0.25) is 9.59 Å². The van der Waals surface area contributed by atoms with E-state index >= 15 is 0 Å². The lowest BCUT2D eigenvalue weighted by Crippen LogP contribution is -2.27. The first kappa shape index (κ1) is 33.1. The predicted molar refractivity (Wildman–Crippen MR) is 147 cm³/mol. The number of unbranched alkanes of at least 4 members (excludes halogenated alkanes) is 9. The maximum atomic E-state index is 11.9. The average molecular weight is 522 g/mol. The van der Waals surface area contributed by atoms with Gasteiger partial charge in [-0.2, -0.15) is 0 Å². The molecule has 0 heterocycles. The fourth-order valence-electron chi connectivity index (χ4n) is 3.82. The number of rotatable bonds is 26. The van der Waals surface area contributed by atoms with Crippen molar-refractivity contribution in [1.29, 1.82) is 0 Å². The highest BCUT2D eigenvalue weighted by Gasteiger charge is 2.04. The zero-order valence-electron chi connectivity index (χ0n) is 23.2. The van der Waals surface area contributed by atoms with Crippen molar-refractivity contribution in [1.82, 2.24) is 5.32 Å². The molecule has 1 aromatic carbocycles. The van der Waals surface area contributed by atoms with Crippen molar-refractivity contribution in [2.75, 3.05) is 46.2 Å². The molecule has 0 unspecified atom stereocenters. The molecule has 7 heteroatoms. The fraction of sp³-hybridized carbons (Fsp3) is 0.733. The summed E-state index contributed by atoms with van der Waals surface area (Å²) < 4.78 is 21.5. The number of hydrogen-bond donors (Lipinski definition) is 1. The van der Waals surface area contributed by atoms with Gasteiger partial charge in [0.1, 0.15) is 6.61 Å². The van der Waals surface area contributed by atoms with Crippen LogP contribution in [-0.2, 0) is 35.1 Å². The molecule has 1 N–H and O–H groups in total. The van der Waals surface area contributed by atoms with Gasteiger partial charge in [-0.15, -0.1) is 0 Å². The first-order chi connectivity index (χ1) is 18.2. The lowest BCUT2D eigenvalue weighted by molar-refractivity contribution is -0.145. The van der Waals surface area contributed by atoms with Gasteiger partial charge in [0.2, 0.25) is 5.91 Å². The van der Waals surface area contributed by atoms with E-state index < -0.39 is 0 Å². The van der Waals surface area contributed by atoms with E-state index in [0.717, 1.165) is 44.3 Å². The number of hydrogen-bond acceptors (Lipinski definition) is 6. The summed E-state index contributed by atoms with van der Waals surface area (Å²) in [6.07, 6.45) is 13.5. The van der Waals surface area contributed by atoms with Gasteiger partial charge in [0, 0.05) is 26.0 Å². The summed E-state index contributed by atoms with van der Waals surface area (Å²) in [6, 6.07) is 9.79. The Morgan fingerprint density at radius 3 is 1.76 bits per heavy atom. The summed E-state index contributed by atoms with van der Waals surface area (Å²) in [7, 11) is 0. The van der Waals surface area contributed by atoms with E-state index in [1.165, 1.54) is 38.5 Å². The highest BCUT2D eigenvalue weighted by molar-refractivity contribution is 5.75. The standard InChI is InChI=1S/C30H51NO6/c1-2-21-34-23-25-36-26-24-35-22-20-31-29(32)18-14-9-7-5-3-4-6-8-10-15-19-30(33)37-27-28-16-12-11-13-17-28/h11-13,16-17H,2-10,14-15,18-27H2,1H3,(H,31,32). The van der Waals surface area contributed by atoms with E-state index in [9.17, 15) is 9.59 Å². The predicted octanol–water partition coefficient (Wildman–Crippen LogP) is 5.99. The monoisotopic (exact) mass is 521 g/mol. The van der Waals surface area contributed by atoms with Crippen LogP contribution in [0.25, 0.3) is 0 Å². The second kappa shape index (κ2) is 25.7. The Bertz CT molecular complexity index is 655. The van der Waals surface area contributed by atoms with Crippen LogP contribution in [0.5, 0.6) is 0 Å². The van der Waals surface area contributed by atoms with Gasteiger partial charge in [0.25, 0.3) is 0 Å². The summed E-state index contributed by atoms with van der Waals surface area (Å²) in [5.41, 5.74) is 1.03. The number of nitrogens with one attached hydrogen (secondary N) is 1. The Balaban J connectivity index is 1.74. The van der Waals surface area contributed by atoms with E-state index in [4.69, 9.17) is 18.9 Å². The van der Waals surface area contributed by atoms with Crippen LogP contribution in [0, 0.1) is 0 Å². The van der Waals surface area contributed by atoms with Gasteiger partial charge >= 0.3 is 5.97 Å². The maximum Gasteiger partial charge on any atom is 0.306 e. The molecule has 0 atom stereocenters. The lowest BCUT2D eigenvalue weighted by Gasteiger charge is -2.08. The molecule has 0 radical (unpaired) electrons. The van der Waals surface area contributed by atoms with E-state index in [1.807, 2.05) is 30.3 Å². The van der Waals surface area contributed by atoms with Crippen molar-refractivity contribution < 1.29 is 28.5 Å². The first-order valence-electron chi connectivity index (χ1n) is 14.4. The van der Waals surface area contributed by atoms with E-state index in [0.29, 0.717) is 59.0 Å². The van der Waals surface area contributed by atoms with Gasteiger partial charge in [0.15, 0.2) is 0 Å². The summed E-state index contributed by atoms with van der Waals surface area (Å²) in [5, 5.41) is 2.91. The summed E-state index contributed by atoms with van der Waals surface area (Å²) in [5.74, 6) is 0.00731. The van der Waals surface area contributed by atoms with Gasteiger partial charge in [-0.25, -0.2) is 0 Å². The smallest absolute Gasteiger partial charge is 0.306 e. The molecule has 37 heavy (non-hydrogen) atoms. The zero-order valence-corrected chi connectivity index (χ0v) is 23.2. The highest BCUT2D eigenvalue weighted by atomic mass is 16.5. The topological polar surface area (TPSA) is 83.1 Å². The van der Waals surface area contributed by atoms with Crippen molar-refractivity contribution in [3.05, 3.63) is 35.9 Å². The number of esters is 1. The number of carbonyl (C=O) groups is 2. The Morgan fingerprint density at radius 1 is 0.649 bits per heavy atom. The van der Waals surface area contributed by atoms with Crippen LogP contribution >= 0.6 is 0 Å². The molecule has 7 nitrogen and oxygen atoms in total. The largest absolute Gasteiger partial charge is 0.461 e. The zero-order chi connectivity index (χ0) is 26.7. The molecule has 0 aromatic heterocycles. The Morgan fingerprint density at radius 2 is 1.16 bits per heavy atom. The number of benzene rings is 1. The number of carbonyl (C=O) groups excluding carboxylic acids is 2. The third-order valence-electron chi connectivity index (χ3n) is 5.94.